The molecule has 3 unspecified atom stereocenters. The van der Waals surface area contributed by atoms with Gasteiger partial charge in [-0.1, -0.05) is 133 Å². The van der Waals surface area contributed by atoms with Gasteiger partial charge in [-0.05, 0) is 46.9 Å². The van der Waals surface area contributed by atoms with Crippen molar-refractivity contribution in [2.24, 2.45) is 5.92 Å². The molecule has 0 saturated heterocycles. The van der Waals surface area contributed by atoms with Crippen LogP contribution < -0.4 is 0 Å². The van der Waals surface area contributed by atoms with E-state index in [1.54, 1.807) is 0 Å². The predicted octanol–water partition coefficient (Wildman–Crippen LogP) is 7.66. The maximum absolute atomic E-state index is 12.2. The van der Waals surface area contributed by atoms with E-state index in [4.69, 9.17) is 4.74 Å². The third-order valence-corrected chi connectivity index (χ3v) is 6.63. The van der Waals surface area contributed by atoms with Crippen LogP contribution in [0.25, 0.3) is 12.2 Å². The van der Waals surface area contributed by atoms with E-state index in [2.05, 4.69) is 42.5 Å². The fourth-order valence-corrected chi connectivity index (χ4v) is 4.76. The summed E-state index contributed by atoms with van der Waals surface area (Å²) in [6.45, 7) is 0. The van der Waals surface area contributed by atoms with Crippen molar-refractivity contribution in [3.63, 3.8) is 0 Å². The molecule has 0 aliphatic carbocycles. The van der Waals surface area contributed by atoms with Crippen LogP contribution in [0.4, 0.5) is 0 Å². The highest BCUT2D eigenvalue weighted by Gasteiger charge is 2.45. The second kappa shape index (κ2) is 11.1. The maximum atomic E-state index is 12.2. The molecule has 2 heteroatoms. The van der Waals surface area contributed by atoms with Gasteiger partial charge >= 0.3 is 0 Å². The normalized spacial score (nSPS) is 21.9. The minimum atomic E-state index is -1.50. The lowest BCUT2D eigenvalue weighted by atomic mass is 9.75. The van der Waals surface area contributed by atoms with Crippen LogP contribution in [-0.2, 0) is 11.2 Å². The van der Waals surface area contributed by atoms with Crippen molar-refractivity contribution < 1.29 is 9.84 Å². The van der Waals surface area contributed by atoms with E-state index in [9.17, 15) is 5.11 Å². The number of rotatable bonds is 7. The summed E-state index contributed by atoms with van der Waals surface area (Å²) in [4.78, 5) is 0. The first kappa shape index (κ1) is 23.6. The van der Waals surface area contributed by atoms with Gasteiger partial charge in [0, 0.05) is 11.8 Å². The number of hydrogen-bond donors (Lipinski definition) is 1. The summed E-state index contributed by atoms with van der Waals surface area (Å²) >= 11 is 0. The van der Waals surface area contributed by atoms with Gasteiger partial charge < -0.3 is 9.84 Å². The highest BCUT2D eigenvalue weighted by atomic mass is 16.6. The van der Waals surface area contributed by atoms with Crippen molar-refractivity contribution in [2.45, 2.75) is 18.1 Å². The standard InChI is InChI=1S/C34H30O2/c35-34(24-23-28-15-7-2-8-16-28)33(25-29-17-9-3-10-18-29)32(30-19-11-4-12-20-30)26-31(36-34)22-21-27-13-5-1-6-14-27/h1-24,26,32-33,35H,25H2/b22-21+,24-23+. The minimum absolute atomic E-state index is 0.0407. The van der Waals surface area contributed by atoms with E-state index in [0.717, 1.165) is 22.3 Å². The molecule has 1 heterocycles. The third kappa shape index (κ3) is 5.73. The number of ether oxygens (including phenoxy) is 1. The zero-order valence-corrected chi connectivity index (χ0v) is 20.2. The van der Waals surface area contributed by atoms with E-state index in [1.807, 2.05) is 109 Å². The van der Waals surface area contributed by atoms with Gasteiger partial charge in [0.15, 0.2) is 0 Å². The Bertz CT molecular complexity index is 1330. The van der Waals surface area contributed by atoms with Gasteiger partial charge in [-0.25, -0.2) is 0 Å². The molecule has 178 valence electrons. The van der Waals surface area contributed by atoms with Gasteiger partial charge in [0.05, 0.1) is 0 Å². The van der Waals surface area contributed by atoms with Gasteiger partial charge in [-0.3, -0.25) is 0 Å². The van der Waals surface area contributed by atoms with Crippen molar-refractivity contribution >= 4 is 12.2 Å². The van der Waals surface area contributed by atoms with E-state index in [-0.39, 0.29) is 11.8 Å². The SMILES string of the molecule is OC1(/C=C/c2ccccc2)OC(/C=C/c2ccccc2)=CC(c2ccccc2)C1Cc1ccccc1. The lowest BCUT2D eigenvalue weighted by Crippen LogP contribution is -2.45. The van der Waals surface area contributed by atoms with Crippen LogP contribution in [-0.4, -0.2) is 10.9 Å². The molecule has 0 aromatic heterocycles. The van der Waals surface area contributed by atoms with Gasteiger partial charge in [0.2, 0.25) is 5.79 Å². The van der Waals surface area contributed by atoms with Gasteiger partial charge in [-0.2, -0.15) is 0 Å². The average Bonchev–Trinajstić information content (AvgIpc) is 2.94. The third-order valence-electron chi connectivity index (χ3n) is 6.63. The molecule has 1 aliphatic heterocycles. The zero-order chi connectivity index (χ0) is 24.6. The summed E-state index contributed by atoms with van der Waals surface area (Å²) in [5, 5.41) is 12.2. The summed E-state index contributed by atoms with van der Waals surface area (Å²) in [7, 11) is 0. The Hall–Kier alpha value is -4.14. The second-order valence-electron chi connectivity index (χ2n) is 9.14. The highest BCUT2D eigenvalue weighted by Crippen LogP contribution is 2.44. The van der Waals surface area contributed by atoms with E-state index < -0.39 is 5.79 Å². The first-order chi connectivity index (χ1) is 17.7. The van der Waals surface area contributed by atoms with Crippen molar-refractivity contribution in [2.75, 3.05) is 0 Å². The predicted molar refractivity (Wildman–Crippen MR) is 148 cm³/mol. The molecule has 1 aliphatic rings. The van der Waals surface area contributed by atoms with Crippen molar-refractivity contribution in [1.29, 1.82) is 0 Å². The molecule has 0 radical (unpaired) electrons. The smallest absolute Gasteiger partial charge is 0.232 e. The Morgan fingerprint density at radius 2 is 1.17 bits per heavy atom. The molecular formula is C34H30O2. The largest absolute Gasteiger partial charge is 0.459 e. The molecule has 0 fully saturated rings. The molecule has 4 aromatic carbocycles. The van der Waals surface area contributed by atoms with Crippen LogP contribution in [0.1, 0.15) is 28.2 Å². The van der Waals surface area contributed by atoms with Crippen molar-refractivity contribution in [3.05, 3.63) is 168 Å². The number of aliphatic hydroxyl groups is 1. The van der Waals surface area contributed by atoms with Crippen molar-refractivity contribution in [1.82, 2.24) is 0 Å². The van der Waals surface area contributed by atoms with E-state index in [1.165, 1.54) is 0 Å². The number of allylic oxidation sites excluding steroid dienone is 2. The maximum Gasteiger partial charge on any atom is 0.232 e. The van der Waals surface area contributed by atoms with Crippen LogP contribution in [0.3, 0.4) is 0 Å². The molecule has 36 heavy (non-hydrogen) atoms. The first-order valence-electron chi connectivity index (χ1n) is 12.4. The van der Waals surface area contributed by atoms with Crippen LogP contribution >= 0.6 is 0 Å². The minimum Gasteiger partial charge on any atom is -0.459 e. The lowest BCUT2D eigenvalue weighted by molar-refractivity contribution is -0.184. The quantitative estimate of drug-likeness (QED) is 0.300. The Morgan fingerprint density at radius 3 is 1.78 bits per heavy atom. The van der Waals surface area contributed by atoms with Gasteiger partial charge in [-0.15, -0.1) is 0 Å². The zero-order valence-electron chi connectivity index (χ0n) is 20.2. The van der Waals surface area contributed by atoms with Crippen LogP contribution in [0.2, 0.25) is 0 Å². The molecule has 0 saturated carbocycles. The van der Waals surface area contributed by atoms with Crippen LogP contribution in [0.15, 0.2) is 145 Å². The first-order valence-corrected chi connectivity index (χ1v) is 12.4. The summed E-state index contributed by atoms with van der Waals surface area (Å²) in [6, 6.07) is 40.8. The summed E-state index contributed by atoms with van der Waals surface area (Å²) in [6.07, 6.45) is 10.5. The molecular weight excluding hydrogens is 440 g/mol. The summed E-state index contributed by atoms with van der Waals surface area (Å²) < 4.78 is 6.40. The van der Waals surface area contributed by atoms with Gasteiger partial charge in [0.25, 0.3) is 0 Å². The Morgan fingerprint density at radius 1 is 0.639 bits per heavy atom. The molecule has 0 amide bonds. The number of hydrogen-bond acceptors (Lipinski definition) is 2. The average molecular weight is 471 g/mol. The molecule has 4 aromatic rings. The van der Waals surface area contributed by atoms with E-state index in [0.29, 0.717) is 12.2 Å². The Balaban J connectivity index is 1.58. The fourth-order valence-electron chi connectivity index (χ4n) is 4.76. The summed E-state index contributed by atoms with van der Waals surface area (Å²) in [5.74, 6) is -1.12. The molecule has 0 bridgehead atoms. The lowest BCUT2D eigenvalue weighted by Gasteiger charge is -2.42. The fraction of sp³-hybridized carbons (Fsp3) is 0.118. The highest BCUT2D eigenvalue weighted by molar-refractivity contribution is 5.54. The second-order valence-corrected chi connectivity index (χ2v) is 9.14. The van der Waals surface area contributed by atoms with Crippen LogP contribution in [0, 0.1) is 5.92 Å². The Kier molecular flexibility index (Phi) is 7.25. The van der Waals surface area contributed by atoms with Crippen molar-refractivity contribution in [3.8, 4) is 0 Å². The Labute approximate surface area is 213 Å². The van der Waals surface area contributed by atoms with Crippen LogP contribution in [0.5, 0.6) is 0 Å². The van der Waals surface area contributed by atoms with Gasteiger partial charge in [0.1, 0.15) is 5.76 Å². The number of benzene rings is 4. The molecule has 1 N–H and O–H groups in total. The molecule has 5 rings (SSSR count). The topological polar surface area (TPSA) is 29.5 Å². The molecule has 3 atom stereocenters. The van der Waals surface area contributed by atoms with E-state index >= 15 is 0 Å². The summed E-state index contributed by atoms with van der Waals surface area (Å²) in [5.41, 5.74) is 4.40. The molecule has 0 spiro atoms. The molecule has 2 nitrogen and oxygen atoms in total. The monoisotopic (exact) mass is 470 g/mol.